The first-order valence-electron chi connectivity index (χ1n) is 6.59. The number of carboxylic acid groups (broad SMARTS) is 1. The topological polar surface area (TPSA) is 53.4 Å². The number of carbonyl (C=O) groups is 1. The minimum Gasteiger partial charge on any atom is -0.481 e. The molecule has 2 heterocycles. The Labute approximate surface area is 111 Å². The smallest absolute Gasteiger partial charge is 0.309 e. The Morgan fingerprint density at radius 1 is 1.26 bits per heavy atom. The van der Waals surface area contributed by atoms with Crippen LogP contribution < -0.4 is 4.90 Å². The summed E-state index contributed by atoms with van der Waals surface area (Å²) in [5.74, 6) is -0.838. The fourth-order valence-electron chi connectivity index (χ4n) is 2.68. The summed E-state index contributed by atoms with van der Waals surface area (Å²) in [6, 6.07) is 9.87. The number of hydrogen-bond acceptors (Lipinski definition) is 3. The molecule has 0 radical (unpaired) electrons. The number of aliphatic carboxylic acids is 1. The molecule has 1 N–H and O–H groups in total. The highest BCUT2D eigenvalue weighted by Gasteiger charge is 2.17. The zero-order chi connectivity index (χ0) is 13.2. The van der Waals surface area contributed by atoms with E-state index in [2.05, 4.69) is 16.0 Å². The Morgan fingerprint density at radius 2 is 2.00 bits per heavy atom. The lowest BCUT2D eigenvalue weighted by Crippen LogP contribution is -2.18. The van der Waals surface area contributed by atoms with Crippen molar-refractivity contribution in [1.82, 2.24) is 4.98 Å². The molecule has 98 valence electrons. The summed E-state index contributed by atoms with van der Waals surface area (Å²) >= 11 is 0. The van der Waals surface area contributed by atoms with Gasteiger partial charge in [0.1, 0.15) is 0 Å². The number of para-hydroxylation sites is 1. The second kappa shape index (κ2) is 4.88. The van der Waals surface area contributed by atoms with Gasteiger partial charge in [0.2, 0.25) is 0 Å². The second-order valence-electron chi connectivity index (χ2n) is 4.91. The van der Waals surface area contributed by atoms with E-state index in [4.69, 9.17) is 5.11 Å². The number of pyridine rings is 1. The number of rotatable bonds is 3. The van der Waals surface area contributed by atoms with Gasteiger partial charge in [-0.2, -0.15) is 0 Å². The molecule has 0 amide bonds. The molecule has 0 saturated carbocycles. The van der Waals surface area contributed by atoms with Gasteiger partial charge in [0.05, 0.1) is 17.6 Å². The Hall–Kier alpha value is -2.10. The first-order chi connectivity index (χ1) is 9.24. The van der Waals surface area contributed by atoms with Gasteiger partial charge in [0.15, 0.2) is 0 Å². The largest absolute Gasteiger partial charge is 0.481 e. The third kappa shape index (κ3) is 2.38. The zero-order valence-corrected chi connectivity index (χ0v) is 10.7. The van der Waals surface area contributed by atoms with E-state index in [-0.39, 0.29) is 6.42 Å². The Kier molecular flexibility index (Phi) is 3.07. The van der Waals surface area contributed by atoms with Crippen molar-refractivity contribution in [1.29, 1.82) is 0 Å². The third-order valence-corrected chi connectivity index (χ3v) is 3.53. The number of fused-ring (bicyclic) bond motifs is 1. The number of aromatic nitrogens is 1. The monoisotopic (exact) mass is 256 g/mol. The Bertz CT molecular complexity index is 619. The van der Waals surface area contributed by atoms with Gasteiger partial charge in [-0.25, -0.2) is 0 Å². The van der Waals surface area contributed by atoms with Gasteiger partial charge in [-0.1, -0.05) is 18.2 Å². The van der Waals surface area contributed by atoms with E-state index in [1.165, 1.54) is 12.8 Å². The fraction of sp³-hybridized carbons (Fsp3) is 0.333. The van der Waals surface area contributed by atoms with Gasteiger partial charge >= 0.3 is 5.97 Å². The molecular weight excluding hydrogens is 240 g/mol. The van der Waals surface area contributed by atoms with E-state index < -0.39 is 5.97 Å². The van der Waals surface area contributed by atoms with Crippen molar-refractivity contribution in [2.45, 2.75) is 19.3 Å². The summed E-state index contributed by atoms with van der Waals surface area (Å²) in [6.07, 6.45) is 2.38. The molecule has 2 aromatic rings. The molecule has 1 saturated heterocycles. The van der Waals surface area contributed by atoms with E-state index in [9.17, 15) is 4.79 Å². The van der Waals surface area contributed by atoms with Gasteiger partial charge in [0, 0.05) is 24.2 Å². The number of benzene rings is 1. The average molecular weight is 256 g/mol. The third-order valence-electron chi connectivity index (χ3n) is 3.53. The van der Waals surface area contributed by atoms with Crippen molar-refractivity contribution < 1.29 is 9.90 Å². The predicted molar refractivity (Wildman–Crippen MR) is 74.5 cm³/mol. The maximum absolute atomic E-state index is 10.9. The number of hydrogen-bond donors (Lipinski definition) is 1. The van der Waals surface area contributed by atoms with Crippen molar-refractivity contribution in [2.75, 3.05) is 18.0 Å². The van der Waals surface area contributed by atoms with Crippen LogP contribution in [0.1, 0.15) is 18.5 Å². The van der Waals surface area contributed by atoms with Crippen LogP contribution in [0, 0.1) is 0 Å². The molecule has 1 aliphatic rings. The van der Waals surface area contributed by atoms with Crippen LogP contribution in [0.5, 0.6) is 0 Å². The van der Waals surface area contributed by atoms with Crippen molar-refractivity contribution in [3.63, 3.8) is 0 Å². The minimum absolute atomic E-state index is 0.0221. The van der Waals surface area contributed by atoms with Crippen LogP contribution in [-0.2, 0) is 11.2 Å². The maximum atomic E-state index is 10.9. The van der Waals surface area contributed by atoms with Gasteiger partial charge in [0.25, 0.3) is 0 Å². The van der Waals surface area contributed by atoms with Gasteiger partial charge < -0.3 is 10.0 Å². The maximum Gasteiger partial charge on any atom is 0.309 e. The summed E-state index contributed by atoms with van der Waals surface area (Å²) in [5.41, 5.74) is 2.63. The van der Waals surface area contributed by atoms with Crippen LogP contribution >= 0.6 is 0 Å². The summed E-state index contributed by atoms with van der Waals surface area (Å²) in [4.78, 5) is 17.7. The summed E-state index contributed by atoms with van der Waals surface area (Å²) < 4.78 is 0. The molecule has 4 nitrogen and oxygen atoms in total. The standard InChI is InChI=1S/C15H16N2O2/c18-15(19)10-11-9-14(17-7-3-4-8-17)12-5-1-2-6-13(12)16-11/h1-2,5-6,9H,3-4,7-8,10H2,(H,18,19). The van der Waals surface area contributed by atoms with Gasteiger partial charge in [-0.05, 0) is 25.0 Å². The molecule has 0 spiro atoms. The quantitative estimate of drug-likeness (QED) is 0.916. The number of anilines is 1. The Morgan fingerprint density at radius 3 is 2.74 bits per heavy atom. The van der Waals surface area contributed by atoms with Crippen LogP contribution in [0.3, 0.4) is 0 Å². The van der Waals surface area contributed by atoms with Crippen LogP contribution in [0.4, 0.5) is 5.69 Å². The van der Waals surface area contributed by atoms with Crippen LogP contribution in [0.2, 0.25) is 0 Å². The van der Waals surface area contributed by atoms with Crippen molar-refractivity contribution >= 4 is 22.6 Å². The molecule has 1 fully saturated rings. The second-order valence-corrected chi connectivity index (χ2v) is 4.91. The number of nitrogens with zero attached hydrogens (tertiary/aromatic N) is 2. The Balaban J connectivity index is 2.12. The van der Waals surface area contributed by atoms with E-state index in [0.29, 0.717) is 5.69 Å². The molecule has 1 aromatic heterocycles. The normalized spacial score (nSPS) is 15.1. The SMILES string of the molecule is O=C(O)Cc1cc(N2CCCC2)c2ccccc2n1. The van der Waals surface area contributed by atoms with E-state index >= 15 is 0 Å². The van der Waals surface area contributed by atoms with Crippen LogP contribution in [0.25, 0.3) is 10.9 Å². The molecule has 1 aliphatic heterocycles. The molecule has 19 heavy (non-hydrogen) atoms. The number of carboxylic acids is 1. The fourth-order valence-corrected chi connectivity index (χ4v) is 2.68. The van der Waals surface area contributed by atoms with Crippen LogP contribution in [-0.4, -0.2) is 29.1 Å². The lowest BCUT2D eigenvalue weighted by Gasteiger charge is -2.20. The predicted octanol–water partition coefficient (Wildman–Crippen LogP) is 2.46. The molecule has 0 aliphatic carbocycles. The van der Waals surface area contributed by atoms with E-state index in [0.717, 1.165) is 29.7 Å². The highest BCUT2D eigenvalue weighted by Crippen LogP contribution is 2.29. The molecule has 1 aromatic carbocycles. The van der Waals surface area contributed by atoms with Gasteiger partial charge in [-0.15, -0.1) is 0 Å². The molecule has 0 atom stereocenters. The molecular formula is C15H16N2O2. The van der Waals surface area contributed by atoms with Crippen LogP contribution in [0.15, 0.2) is 30.3 Å². The first kappa shape index (κ1) is 12.0. The van der Waals surface area contributed by atoms with Crippen molar-refractivity contribution in [2.24, 2.45) is 0 Å². The molecule has 4 heteroatoms. The first-order valence-corrected chi connectivity index (χ1v) is 6.59. The zero-order valence-electron chi connectivity index (χ0n) is 10.7. The van der Waals surface area contributed by atoms with Gasteiger partial charge in [-0.3, -0.25) is 9.78 Å². The molecule has 0 bridgehead atoms. The minimum atomic E-state index is -0.838. The van der Waals surface area contributed by atoms with Crippen molar-refractivity contribution in [3.05, 3.63) is 36.0 Å². The molecule has 0 unspecified atom stereocenters. The lowest BCUT2D eigenvalue weighted by atomic mass is 10.1. The highest BCUT2D eigenvalue weighted by molar-refractivity contribution is 5.92. The summed E-state index contributed by atoms with van der Waals surface area (Å²) in [7, 11) is 0. The van der Waals surface area contributed by atoms with E-state index in [1.54, 1.807) is 0 Å². The lowest BCUT2D eigenvalue weighted by molar-refractivity contribution is -0.136. The summed E-state index contributed by atoms with van der Waals surface area (Å²) in [5, 5.41) is 10.1. The highest BCUT2D eigenvalue weighted by atomic mass is 16.4. The van der Waals surface area contributed by atoms with E-state index in [1.807, 2.05) is 24.3 Å². The summed E-state index contributed by atoms with van der Waals surface area (Å²) in [6.45, 7) is 2.08. The van der Waals surface area contributed by atoms with Crippen molar-refractivity contribution in [3.8, 4) is 0 Å². The average Bonchev–Trinajstić information content (AvgIpc) is 2.90. The molecule has 3 rings (SSSR count).